The molecular weight excluding hydrogens is 364 g/mol. The van der Waals surface area contributed by atoms with E-state index in [9.17, 15) is 4.79 Å². The fraction of sp³-hybridized carbons (Fsp3) is 0.182. The van der Waals surface area contributed by atoms with E-state index < -0.39 is 5.56 Å². The van der Waals surface area contributed by atoms with Crippen molar-refractivity contribution in [2.75, 3.05) is 5.73 Å². The van der Waals surface area contributed by atoms with Crippen molar-refractivity contribution in [2.45, 2.75) is 24.8 Å². The van der Waals surface area contributed by atoms with E-state index in [2.05, 4.69) is 19.9 Å². The van der Waals surface area contributed by atoms with E-state index in [0.29, 0.717) is 11.4 Å². The molecule has 2 aromatic heterocycles. The Balaban J connectivity index is 1.72. The van der Waals surface area contributed by atoms with Gasteiger partial charge in [-0.05, 0) is 24.8 Å². The lowest BCUT2D eigenvalue weighted by atomic mass is 9.72. The van der Waals surface area contributed by atoms with E-state index in [4.69, 9.17) is 11.5 Å². The second-order valence-corrected chi connectivity index (χ2v) is 7.50. The molecule has 7 nitrogen and oxygen atoms in total. The Morgan fingerprint density at radius 1 is 0.862 bits per heavy atom. The number of nitrogens with two attached hydrogens (primary N) is 2. The van der Waals surface area contributed by atoms with Crippen molar-refractivity contribution in [1.82, 2.24) is 19.9 Å². The van der Waals surface area contributed by atoms with Crippen LogP contribution >= 0.6 is 0 Å². The number of H-pyrrole nitrogens is 1. The first kappa shape index (κ1) is 17.5. The standard InChI is InChI=1S/C22H20N6O/c23-21-27-19-18(20(29)28-21)25-16(17(26-19)13-5-2-1-3-6-13)14-7-9-15(10-8-14)22(24)11-4-12-22/h1-3,5-10H,4,11-12,24H2,(H3,23,26,27,28,29). The van der Waals surface area contributed by atoms with Crippen LogP contribution in [0.1, 0.15) is 24.8 Å². The number of nitrogen functional groups attached to an aromatic ring is 1. The molecule has 2 aromatic carbocycles. The minimum Gasteiger partial charge on any atom is -0.369 e. The van der Waals surface area contributed by atoms with Gasteiger partial charge in [-0.25, -0.2) is 9.97 Å². The highest BCUT2D eigenvalue weighted by molar-refractivity contribution is 5.84. The van der Waals surface area contributed by atoms with Gasteiger partial charge in [-0.3, -0.25) is 9.78 Å². The molecule has 2 heterocycles. The number of anilines is 1. The average molecular weight is 384 g/mol. The summed E-state index contributed by atoms with van der Waals surface area (Å²) in [6.45, 7) is 0. The average Bonchev–Trinajstić information content (AvgIpc) is 2.72. The van der Waals surface area contributed by atoms with Crippen molar-refractivity contribution in [1.29, 1.82) is 0 Å². The van der Waals surface area contributed by atoms with Crippen LogP contribution in [0.5, 0.6) is 0 Å². The van der Waals surface area contributed by atoms with Gasteiger partial charge in [0.1, 0.15) is 0 Å². The van der Waals surface area contributed by atoms with Crippen molar-refractivity contribution in [3.05, 3.63) is 70.5 Å². The number of benzene rings is 2. The molecule has 5 N–H and O–H groups in total. The Morgan fingerprint density at radius 2 is 1.52 bits per heavy atom. The van der Waals surface area contributed by atoms with Gasteiger partial charge < -0.3 is 11.5 Å². The fourth-order valence-corrected chi connectivity index (χ4v) is 3.78. The molecule has 0 unspecified atom stereocenters. The number of fused-ring (bicyclic) bond motifs is 1. The van der Waals surface area contributed by atoms with Gasteiger partial charge in [0.25, 0.3) is 5.56 Å². The highest BCUT2D eigenvalue weighted by Gasteiger charge is 2.34. The van der Waals surface area contributed by atoms with Crippen LogP contribution in [0.2, 0.25) is 0 Å². The summed E-state index contributed by atoms with van der Waals surface area (Å²) in [7, 11) is 0. The Labute approximate surface area is 166 Å². The lowest BCUT2D eigenvalue weighted by molar-refractivity contribution is 0.253. The normalized spacial score (nSPS) is 15.2. The molecule has 1 saturated carbocycles. The van der Waals surface area contributed by atoms with Gasteiger partial charge in [-0.15, -0.1) is 0 Å². The number of nitrogens with one attached hydrogen (secondary N) is 1. The van der Waals surface area contributed by atoms with E-state index in [1.165, 1.54) is 0 Å². The third-order valence-corrected chi connectivity index (χ3v) is 5.59. The van der Waals surface area contributed by atoms with Crippen molar-refractivity contribution >= 4 is 17.1 Å². The predicted molar refractivity (Wildman–Crippen MR) is 113 cm³/mol. The Morgan fingerprint density at radius 3 is 2.17 bits per heavy atom. The third-order valence-electron chi connectivity index (χ3n) is 5.59. The van der Waals surface area contributed by atoms with E-state index >= 15 is 0 Å². The SMILES string of the molecule is Nc1nc2nc(-c3ccccc3)c(-c3ccc(C4(N)CCC4)cc3)nc2c(=O)[nH]1. The number of aromatic nitrogens is 4. The quantitative estimate of drug-likeness (QED) is 0.499. The molecule has 0 spiro atoms. The summed E-state index contributed by atoms with van der Waals surface area (Å²) in [4.78, 5) is 28.3. The molecule has 0 atom stereocenters. The second-order valence-electron chi connectivity index (χ2n) is 7.50. The highest BCUT2D eigenvalue weighted by atomic mass is 16.1. The molecule has 0 bridgehead atoms. The lowest BCUT2D eigenvalue weighted by Gasteiger charge is -2.38. The second kappa shape index (κ2) is 6.49. The molecule has 0 aliphatic heterocycles. The molecule has 5 rings (SSSR count). The molecule has 4 aromatic rings. The van der Waals surface area contributed by atoms with Crippen molar-refractivity contribution < 1.29 is 0 Å². The van der Waals surface area contributed by atoms with Crippen molar-refractivity contribution in [2.24, 2.45) is 5.73 Å². The van der Waals surface area contributed by atoms with Crippen LogP contribution in [-0.2, 0) is 5.54 Å². The molecule has 7 heteroatoms. The van der Waals surface area contributed by atoms with Gasteiger partial charge in [0.15, 0.2) is 11.2 Å². The number of rotatable bonds is 3. The van der Waals surface area contributed by atoms with Crippen LogP contribution in [0.15, 0.2) is 59.4 Å². The summed E-state index contributed by atoms with van der Waals surface area (Å²) in [5, 5.41) is 0. The Bertz CT molecular complexity index is 1260. The van der Waals surface area contributed by atoms with Crippen molar-refractivity contribution in [3.63, 3.8) is 0 Å². The molecule has 1 fully saturated rings. The molecule has 29 heavy (non-hydrogen) atoms. The first-order chi connectivity index (χ1) is 14.0. The van der Waals surface area contributed by atoms with Gasteiger partial charge in [0.05, 0.1) is 11.4 Å². The fourth-order valence-electron chi connectivity index (χ4n) is 3.78. The summed E-state index contributed by atoms with van der Waals surface area (Å²) in [5.74, 6) is 0.0154. The Hall–Kier alpha value is -3.58. The summed E-state index contributed by atoms with van der Waals surface area (Å²) < 4.78 is 0. The Kier molecular flexibility index (Phi) is 3.92. The summed E-state index contributed by atoms with van der Waals surface area (Å²) in [6.07, 6.45) is 3.16. The molecule has 1 aliphatic rings. The van der Waals surface area contributed by atoms with E-state index in [-0.39, 0.29) is 22.7 Å². The largest absolute Gasteiger partial charge is 0.369 e. The molecule has 1 aliphatic carbocycles. The van der Waals surface area contributed by atoms with Crippen LogP contribution < -0.4 is 17.0 Å². The maximum absolute atomic E-state index is 12.4. The smallest absolute Gasteiger partial charge is 0.280 e. The van der Waals surface area contributed by atoms with Gasteiger partial charge in [-0.1, -0.05) is 54.6 Å². The van der Waals surface area contributed by atoms with E-state index in [1.807, 2.05) is 54.6 Å². The maximum atomic E-state index is 12.4. The molecular formula is C22H20N6O. The first-order valence-corrected chi connectivity index (χ1v) is 9.56. The number of nitrogens with zero attached hydrogens (tertiary/aromatic N) is 3. The minimum atomic E-state index is -0.409. The van der Waals surface area contributed by atoms with Crippen LogP contribution in [0.3, 0.4) is 0 Å². The zero-order valence-electron chi connectivity index (χ0n) is 15.7. The zero-order chi connectivity index (χ0) is 20.0. The van der Waals surface area contributed by atoms with Gasteiger partial charge >= 0.3 is 0 Å². The van der Waals surface area contributed by atoms with E-state index in [1.54, 1.807) is 0 Å². The molecule has 0 amide bonds. The topological polar surface area (TPSA) is 124 Å². The maximum Gasteiger partial charge on any atom is 0.280 e. The number of hydrogen-bond donors (Lipinski definition) is 3. The zero-order valence-corrected chi connectivity index (χ0v) is 15.7. The monoisotopic (exact) mass is 384 g/mol. The summed E-state index contributed by atoms with van der Waals surface area (Å²) in [5.41, 5.74) is 16.0. The van der Waals surface area contributed by atoms with Gasteiger partial charge in [0, 0.05) is 16.7 Å². The third kappa shape index (κ3) is 2.96. The number of hydrogen-bond acceptors (Lipinski definition) is 6. The van der Waals surface area contributed by atoms with Crippen LogP contribution in [0, 0.1) is 0 Å². The predicted octanol–water partition coefficient (Wildman–Crippen LogP) is 2.97. The summed E-state index contributed by atoms with van der Waals surface area (Å²) in [6, 6.07) is 17.8. The first-order valence-electron chi connectivity index (χ1n) is 9.56. The lowest BCUT2D eigenvalue weighted by Crippen LogP contribution is -2.43. The minimum absolute atomic E-state index is 0.0154. The molecule has 0 saturated heterocycles. The van der Waals surface area contributed by atoms with E-state index in [0.717, 1.165) is 36.0 Å². The van der Waals surface area contributed by atoms with Crippen LogP contribution in [0.25, 0.3) is 33.7 Å². The van der Waals surface area contributed by atoms with Crippen molar-refractivity contribution in [3.8, 4) is 22.5 Å². The van der Waals surface area contributed by atoms with Crippen LogP contribution in [-0.4, -0.2) is 19.9 Å². The van der Waals surface area contributed by atoms with Gasteiger partial charge in [-0.2, -0.15) is 4.98 Å². The molecule has 144 valence electrons. The highest BCUT2D eigenvalue weighted by Crippen LogP contribution is 2.39. The molecule has 0 radical (unpaired) electrons. The van der Waals surface area contributed by atoms with Gasteiger partial charge in [0.2, 0.25) is 5.95 Å². The van der Waals surface area contributed by atoms with Crippen LogP contribution in [0.4, 0.5) is 5.95 Å². The number of aromatic amines is 1. The summed E-state index contributed by atoms with van der Waals surface area (Å²) >= 11 is 0.